The van der Waals surface area contributed by atoms with Gasteiger partial charge in [-0.3, -0.25) is 0 Å². The van der Waals surface area contributed by atoms with Gasteiger partial charge in [-0.15, -0.1) is 0 Å². The molecule has 2 aromatic carbocycles. The fraction of sp³-hybridized carbons (Fsp3) is 0.227. The summed E-state index contributed by atoms with van der Waals surface area (Å²) >= 11 is 0. The Kier molecular flexibility index (Phi) is 5.95. The molecule has 0 saturated heterocycles. The molecular weight excluding hydrogens is 437 g/mol. The number of anilines is 4. The number of halogens is 3. The molecule has 172 valence electrons. The van der Waals surface area contributed by atoms with Crippen molar-refractivity contribution in [3.63, 3.8) is 0 Å². The van der Waals surface area contributed by atoms with Gasteiger partial charge < -0.3 is 26.0 Å². The van der Waals surface area contributed by atoms with E-state index in [9.17, 15) is 18.0 Å². The molecule has 8 nitrogen and oxygen atoms in total. The van der Waals surface area contributed by atoms with E-state index in [1.807, 2.05) is 18.7 Å². The van der Waals surface area contributed by atoms with Crippen molar-refractivity contribution in [1.29, 1.82) is 0 Å². The molecule has 4 rings (SSSR count). The number of amides is 2. The minimum absolute atomic E-state index is 0.0310. The molecule has 33 heavy (non-hydrogen) atoms. The summed E-state index contributed by atoms with van der Waals surface area (Å²) in [5.74, 6) is -2.03. The lowest BCUT2D eigenvalue weighted by molar-refractivity contribution is 0.259. The Morgan fingerprint density at radius 2 is 1.94 bits per heavy atom. The van der Waals surface area contributed by atoms with Crippen LogP contribution in [0.2, 0.25) is 0 Å². The molecule has 0 saturated carbocycles. The third-order valence-corrected chi connectivity index (χ3v) is 5.04. The van der Waals surface area contributed by atoms with Crippen molar-refractivity contribution in [2.45, 2.75) is 19.9 Å². The molecule has 1 aliphatic rings. The number of hydrogen-bond acceptors (Lipinski definition) is 6. The zero-order chi connectivity index (χ0) is 23.7. The van der Waals surface area contributed by atoms with Gasteiger partial charge in [-0.25, -0.2) is 27.9 Å². The predicted molar refractivity (Wildman–Crippen MR) is 118 cm³/mol. The van der Waals surface area contributed by atoms with Gasteiger partial charge in [0.05, 0.1) is 24.1 Å². The van der Waals surface area contributed by atoms with Gasteiger partial charge in [0.1, 0.15) is 18.1 Å². The molecule has 0 aliphatic carbocycles. The lowest BCUT2D eigenvalue weighted by atomic mass is 10.1. The summed E-state index contributed by atoms with van der Waals surface area (Å²) in [6.07, 6.45) is 0.943. The van der Waals surface area contributed by atoms with Crippen LogP contribution in [-0.4, -0.2) is 35.2 Å². The second-order valence-electron chi connectivity index (χ2n) is 7.64. The Balaban J connectivity index is 1.67. The molecular formula is C22H21F3N6O2. The highest BCUT2D eigenvalue weighted by Gasteiger charge is 2.25. The number of benzene rings is 2. The van der Waals surface area contributed by atoms with E-state index in [-0.39, 0.29) is 40.4 Å². The maximum Gasteiger partial charge on any atom is 0.316 e. The van der Waals surface area contributed by atoms with Gasteiger partial charge in [0.25, 0.3) is 0 Å². The smallest absolute Gasteiger partial charge is 0.316 e. The van der Waals surface area contributed by atoms with E-state index in [1.54, 1.807) is 6.07 Å². The van der Waals surface area contributed by atoms with E-state index in [1.165, 1.54) is 12.1 Å². The topological polar surface area (TPSA) is 105 Å². The van der Waals surface area contributed by atoms with E-state index in [0.29, 0.717) is 18.8 Å². The summed E-state index contributed by atoms with van der Waals surface area (Å²) in [4.78, 5) is 20.9. The van der Waals surface area contributed by atoms with Crippen molar-refractivity contribution in [3.05, 3.63) is 54.0 Å². The number of rotatable bonds is 5. The number of aromatic nitrogens is 2. The molecule has 3 aromatic rings. The third kappa shape index (κ3) is 4.61. The molecule has 0 atom stereocenters. The van der Waals surface area contributed by atoms with E-state index in [4.69, 9.17) is 10.5 Å². The number of hydrogen-bond donors (Lipinski definition) is 3. The lowest BCUT2D eigenvalue weighted by Gasteiger charge is -2.34. The van der Waals surface area contributed by atoms with Crippen LogP contribution in [0.15, 0.2) is 36.5 Å². The van der Waals surface area contributed by atoms with E-state index in [2.05, 4.69) is 20.6 Å². The quantitative estimate of drug-likeness (QED) is 0.523. The zero-order valence-corrected chi connectivity index (χ0v) is 17.8. The Bertz CT molecular complexity index is 1220. The molecule has 0 unspecified atom stereocenters. The highest BCUT2D eigenvalue weighted by molar-refractivity contribution is 5.88. The zero-order valence-electron chi connectivity index (χ0n) is 17.8. The molecule has 4 N–H and O–H groups in total. The first-order valence-corrected chi connectivity index (χ1v) is 10.1. The SMILES string of the molecule is CC(C)N1CCOc2c(F)cc(-c3nc(Nc4ccc(NC(N)=O)c(F)c4)ncc3F)cc21. The summed E-state index contributed by atoms with van der Waals surface area (Å²) in [6.45, 7) is 4.85. The molecule has 0 bridgehead atoms. The van der Waals surface area contributed by atoms with Gasteiger partial charge in [0.15, 0.2) is 17.4 Å². The van der Waals surface area contributed by atoms with Crippen LogP contribution >= 0.6 is 0 Å². The Labute approximate surface area is 187 Å². The highest BCUT2D eigenvalue weighted by atomic mass is 19.1. The second kappa shape index (κ2) is 8.85. The van der Waals surface area contributed by atoms with Gasteiger partial charge in [0, 0.05) is 17.3 Å². The summed E-state index contributed by atoms with van der Waals surface area (Å²) in [7, 11) is 0. The van der Waals surface area contributed by atoms with Crippen molar-refractivity contribution in [1.82, 2.24) is 9.97 Å². The predicted octanol–water partition coefficient (Wildman–Crippen LogP) is 4.40. The summed E-state index contributed by atoms with van der Waals surface area (Å²) < 4.78 is 49.0. The number of urea groups is 1. The van der Waals surface area contributed by atoms with Gasteiger partial charge in [-0.2, -0.15) is 0 Å². The van der Waals surface area contributed by atoms with Gasteiger partial charge >= 0.3 is 6.03 Å². The van der Waals surface area contributed by atoms with Gasteiger partial charge in [-0.05, 0) is 44.2 Å². The van der Waals surface area contributed by atoms with Crippen LogP contribution in [0.5, 0.6) is 5.75 Å². The molecule has 0 spiro atoms. The van der Waals surface area contributed by atoms with Crippen molar-refractivity contribution < 1.29 is 22.7 Å². The van der Waals surface area contributed by atoms with Gasteiger partial charge in [0.2, 0.25) is 5.95 Å². The van der Waals surface area contributed by atoms with Crippen LogP contribution in [-0.2, 0) is 0 Å². The standard InChI is InChI=1S/C22H21F3N6O2/c1-11(2)31-5-6-33-20-15(24)7-12(8-18(20)31)19-16(25)10-27-22(30-19)28-13-3-4-17(14(23)9-13)29-21(26)32/h3-4,7-11H,5-6H2,1-2H3,(H3,26,29,32)(H,27,28,30). The average Bonchev–Trinajstić information content (AvgIpc) is 2.76. The van der Waals surface area contributed by atoms with Crippen LogP contribution in [0, 0.1) is 17.5 Å². The van der Waals surface area contributed by atoms with Crippen LogP contribution in [0.1, 0.15) is 13.8 Å². The maximum absolute atomic E-state index is 14.8. The monoisotopic (exact) mass is 458 g/mol. The Morgan fingerprint density at radius 1 is 1.15 bits per heavy atom. The molecule has 1 aliphatic heterocycles. The molecule has 2 heterocycles. The number of carbonyl (C=O) groups excluding carboxylic acids is 1. The molecule has 11 heteroatoms. The maximum atomic E-state index is 14.8. The Hall–Kier alpha value is -4.02. The number of nitrogens with two attached hydrogens (primary N) is 1. The largest absolute Gasteiger partial charge is 0.486 e. The van der Waals surface area contributed by atoms with Crippen LogP contribution in [0.4, 0.5) is 41.0 Å². The first-order chi connectivity index (χ1) is 15.7. The number of fused-ring (bicyclic) bond motifs is 1. The van der Waals surface area contributed by atoms with Crippen LogP contribution in [0.25, 0.3) is 11.3 Å². The summed E-state index contributed by atoms with van der Waals surface area (Å²) in [5.41, 5.74) is 5.73. The second-order valence-corrected chi connectivity index (χ2v) is 7.64. The Morgan fingerprint density at radius 3 is 2.64 bits per heavy atom. The fourth-order valence-corrected chi connectivity index (χ4v) is 3.56. The number of ether oxygens (including phenoxy) is 1. The van der Waals surface area contributed by atoms with Crippen LogP contribution < -0.4 is 26.0 Å². The number of nitrogens with one attached hydrogen (secondary N) is 2. The van der Waals surface area contributed by atoms with Crippen LogP contribution in [0.3, 0.4) is 0 Å². The molecule has 2 amide bonds. The molecule has 0 fully saturated rings. The lowest BCUT2D eigenvalue weighted by Crippen LogP contribution is -2.38. The number of primary amides is 1. The van der Waals surface area contributed by atoms with Crippen molar-refractivity contribution >= 4 is 29.0 Å². The summed E-state index contributed by atoms with van der Waals surface area (Å²) in [5, 5.41) is 4.91. The summed E-state index contributed by atoms with van der Waals surface area (Å²) in [6, 6.07) is 5.80. The number of carbonyl (C=O) groups is 1. The average molecular weight is 458 g/mol. The van der Waals surface area contributed by atoms with E-state index < -0.39 is 23.5 Å². The third-order valence-electron chi connectivity index (χ3n) is 5.04. The first-order valence-electron chi connectivity index (χ1n) is 10.1. The number of nitrogens with zero attached hydrogens (tertiary/aromatic N) is 3. The van der Waals surface area contributed by atoms with E-state index in [0.717, 1.165) is 18.3 Å². The van der Waals surface area contributed by atoms with Crippen molar-refractivity contribution in [3.8, 4) is 17.0 Å². The first kappa shape index (κ1) is 22.2. The minimum atomic E-state index is -0.903. The van der Waals surface area contributed by atoms with E-state index >= 15 is 0 Å². The van der Waals surface area contributed by atoms with Crippen molar-refractivity contribution in [2.75, 3.05) is 28.7 Å². The molecule has 1 aromatic heterocycles. The van der Waals surface area contributed by atoms with Crippen molar-refractivity contribution in [2.24, 2.45) is 5.73 Å². The molecule has 0 radical (unpaired) electrons. The highest BCUT2D eigenvalue weighted by Crippen LogP contribution is 2.39. The van der Waals surface area contributed by atoms with Gasteiger partial charge in [-0.1, -0.05) is 0 Å². The minimum Gasteiger partial charge on any atom is -0.486 e. The fourth-order valence-electron chi connectivity index (χ4n) is 3.56. The normalized spacial score (nSPS) is 12.8.